The second-order valence-corrected chi connectivity index (χ2v) is 12.8. The summed E-state index contributed by atoms with van der Waals surface area (Å²) in [5.41, 5.74) is -2.44. The average Bonchev–Trinajstić information content (AvgIpc) is 2.95. The first kappa shape index (κ1) is 30.8. The number of rotatable bonds is 4. The molecule has 3 N–H and O–H groups in total. The van der Waals surface area contributed by atoms with Gasteiger partial charge in [0.15, 0.2) is 11.4 Å². The molecule has 2 atom stereocenters. The van der Waals surface area contributed by atoms with Crippen LogP contribution in [0.4, 0.5) is 0 Å². The molecular weight excluding hydrogens is 675 g/mol. The smallest absolute Gasteiger partial charge is 0.206 e. The number of methoxy groups -OCH3 is 3. The van der Waals surface area contributed by atoms with Gasteiger partial charge in [-0.2, -0.15) is 0 Å². The van der Waals surface area contributed by atoms with Crippen molar-refractivity contribution >= 4 is 62.3 Å². The minimum Gasteiger partial charge on any atom is -0.505 e. The number of hydrogen-bond donors (Lipinski definition) is 3. The van der Waals surface area contributed by atoms with Crippen molar-refractivity contribution in [3.8, 4) is 39.9 Å². The third kappa shape index (κ3) is 3.83. The second-order valence-electron chi connectivity index (χ2n) is 10.9. The Morgan fingerprint density at radius 3 is 1.95 bits per heavy atom. The number of ether oxygens (including phenoxy) is 3. The molecule has 0 radical (unpaired) electrons. The summed E-state index contributed by atoms with van der Waals surface area (Å²) in [5.74, 6) is -3.34. The number of fused-ring (bicyclic) bond motifs is 3. The van der Waals surface area contributed by atoms with Crippen LogP contribution in [-0.4, -0.2) is 53.8 Å². The molecule has 3 aromatic carbocycles. The monoisotopic (exact) mass is 698 g/mol. The molecule has 2 aliphatic rings. The second kappa shape index (κ2) is 10.2. The highest BCUT2D eigenvalue weighted by atomic mass is 79.9. The third-order valence-electron chi connectivity index (χ3n) is 8.59. The van der Waals surface area contributed by atoms with Gasteiger partial charge in [0.05, 0.1) is 41.4 Å². The van der Waals surface area contributed by atoms with Gasteiger partial charge in [0.25, 0.3) is 0 Å². The van der Waals surface area contributed by atoms with Crippen molar-refractivity contribution in [1.29, 1.82) is 0 Å². The van der Waals surface area contributed by atoms with Crippen molar-refractivity contribution < 1.29 is 39.1 Å². The molecule has 0 saturated carbocycles. The van der Waals surface area contributed by atoms with Crippen molar-refractivity contribution in [2.75, 3.05) is 21.3 Å². The van der Waals surface area contributed by atoms with Crippen molar-refractivity contribution in [2.24, 2.45) is 5.92 Å². The number of aromatic hydroxyl groups is 2. The van der Waals surface area contributed by atoms with Gasteiger partial charge in [0, 0.05) is 28.7 Å². The van der Waals surface area contributed by atoms with Crippen molar-refractivity contribution in [1.82, 2.24) is 0 Å². The van der Waals surface area contributed by atoms with Gasteiger partial charge >= 0.3 is 0 Å². The first-order valence-corrected chi connectivity index (χ1v) is 14.6. The van der Waals surface area contributed by atoms with Crippen LogP contribution < -0.4 is 14.2 Å². The molecule has 0 fully saturated rings. The fraction of sp³-hybridized carbons (Fsp3) is 0.333. The van der Waals surface area contributed by atoms with E-state index in [1.54, 1.807) is 26.8 Å². The zero-order chi connectivity index (χ0) is 31.2. The number of hydrogen-bond acceptors (Lipinski definition) is 8. The standard InChI is InChI=1S/C30H26BrCl3O8/c1-10-17(13(40-4)9-15(42-6)22(10)32)11-7-14(41-5)23(33)12-8-16-29(2,3)20-19(25(35)24(34)26(36)21(20)31)28(38)30(16,39)27(37)18(11)12/h7,9,16,35-36,39H,8H2,1-6H3/t16-,30+/m0/s1. The minimum atomic E-state index is -2.63. The summed E-state index contributed by atoms with van der Waals surface area (Å²) in [6.07, 6.45) is -0.0410. The highest BCUT2D eigenvalue weighted by Gasteiger charge is 2.64. The number of benzene rings is 3. The largest absolute Gasteiger partial charge is 0.505 e. The fourth-order valence-electron chi connectivity index (χ4n) is 6.46. The summed E-state index contributed by atoms with van der Waals surface area (Å²) in [6.45, 7) is 5.13. The summed E-state index contributed by atoms with van der Waals surface area (Å²) < 4.78 is 16.7. The van der Waals surface area contributed by atoms with Crippen LogP contribution in [0.25, 0.3) is 11.1 Å². The van der Waals surface area contributed by atoms with Crippen molar-refractivity contribution in [2.45, 2.75) is 38.2 Å². The van der Waals surface area contributed by atoms with Crippen LogP contribution in [0.5, 0.6) is 28.7 Å². The molecule has 3 aromatic rings. The first-order chi connectivity index (χ1) is 19.6. The highest BCUT2D eigenvalue weighted by molar-refractivity contribution is 9.10. The maximum absolute atomic E-state index is 14.6. The quantitative estimate of drug-likeness (QED) is 0.247. The van der Waals surface area contributed by atoms with E-state index in [-0.39, 0.29) is 48.9 Å². The SMILES string of the molecule is COc1cc(OC)c(-c2cc(OC)c(Cl)c3c2C(=O)[C@@]2(O)C(=O)c4c(O)c(Cl)c(O)c(Br)c4C(C)(C)[C@@H]2C3)c(C)c1Cl. The number of phenolic OH excluding ortho intramolecular Hbond substituents is 2. The Morgan fingerprint density at radius 2 is 1.38 bits per heavy atom. The average molecular weight is 701 g/mol. The lowest BCUT2D eigenvalue weighted by molar-refractivity contribution is -0.0204. The lowest BCUT2D eigenvalue weighted by Crippen LogP contribution is -2.64. The van der Waals surface area contributed by atoms with E-state index >= 15 is 0 Å². The molecule has 2 aliphatic carbocycles. The van der Waals surface area contributed by atoms with E-state index in [0.717, 1.165) is 0 Å². The molecule has 0 heterocycles. The van der Waals surface area contributed by atoms with Crippen LogP contribution in [0.1, 0.15) is 51.3 Å². The molecule has 0 saturated heterocycles. The maximum Gasteiger partial charge on any atom is 0.206 e. The van der Waals surface area contributed by atoms with Gasteiger partial charge < -0.3 is 29.5 Å². The summed E-state index contributed by atoms with van der Waals surface area (Å²) >= 11 is 22.9. The van der Waals surface area contributed by atoms with E-state index in [1.165, 1.54) is 27.4 Å². The lowest BCUT2D eigenvalue weighted by Gasteiger charge is -2.51. The number of ketones is 2. The number of halogens is 4. The molecule has 0 aromatic heterocycles. The minimum absolute atomic E-state index is 0.0155. The van der Waals surface area contributed by atoms with Crippen LogP contribution in [0.2, 0.25) is 15.1 Å². The third-order valence-corrected chi connectivity index (χ3v) is 10.6. The normalized spacial score (nSPS) is 20.5. The van der Waals surface area contributed by atoms with E-state index in [1.807, 2.05) is 0 Å². The van der Waals surface area contributed by atoms with Crippen LogP contribution in [0.3, 0.4) is 0 Å². The lowest BCUT2D eigenvalue weighted by atomic mass is 9.52. The number of carbonyl (C=O) groups is 2. The summed E-state index contributed by atoms with van der Waals surface area (Å²) in [6, 6.07) is 3.10. The summed E-state index contributed by atoms with van der Waals surface area (Å²) in [7, 11) is 4.33. The number of carbonyl (C=O) groups excluding carboxylic acids is 2. The Balaban J connectivity index is 1.89. The Kier molecular flexibility index (Phi) is 7.47. The van der Waals surface area contributed by atoms with E-state index in [4.69, 9.17) is 49.0 Å². The molecule has 8 nitrogen and oxygen atoms in total. The van der Waals surface area contributed by atoms with E-state index < -0.39 is 45.0 Å². The van der Waals surface area contributed by atoms with E-state index in [9.17, 15) is 24.9 Å². The Bertz CT molecular complexity index is 1740. The molecule has 0 unspecified atom stereocenters. The van der Waals surface area contributed by atoms with E-state index in [0.29, 0.717) is 28.2 Å². The summed E-state index contributed by atoms with van der Waals surface area (Å²) in [5, 5.41) is 33.7. The number of Topliss-reactive ketones (excluding diaryl/α,β-unsaturated/α-hetero) is 2. The number of aliphatic hydroxyl groups is 1. The maximum atomic E-state index is 14.6. The van der Waals surface area contributed by atoms with Gasteiger partial charge in [-0.15, -0.1) is 0 Å². The van der Waals surface area contributed by atoms with Crippen LogP contribution in [0.15, 0.2) is 16.6 Å². The first-order valence-electron chi connectivity index (χ1n) is 12.7. The Hall–Kier alpha value is -2.69. The van der Waals surface area contributed by atoms with Crippen molar-refractivity contribution in [3.05, 3.63) is 59.5 Å². The molecule has 5 rings (SSSR count). The fourth-order valence-corrected chi connectivity index (χ4v) is 8.20. The molecule has 0 amide bonds. The van der Waals surface area contributed by atoms with Gasteiger partial charge in [-0.05, 0) is 57.4 Å². The molecule has 0 bridgehead atoms. The zero-order valence-corrected chi connectivity index (χ0v) is 27.2. The molecule has 222 valence electrons. The van der Waals surface area contributed by atoms with E-state index in [2.05, 4.69) is 15.9 Å². The van der Waals surface area contributed by atoms with Crippen LogP contribution >= 0.6 is 50.7 Å². The Labute approximate surface area is 265 Å². The molecule has 42 heavy (non-hydrogen) atoms. The van der Waals surface area contributed by atoms with Crippen molar-refractivity contribution in [3.63, 3.8) is 0 Å². The topological polar surface area (TPSA) is 123 Å². The Morgan fingerprint density at radius 1 is 0.833 bits per heavy atom. The van der Waals surface area contributed by atoms with Gasteiger partial charge in [-0.1, -0.05) is 48.7 Å². The summed E-state index contributed by atoms with van der Waals surface area (Å²) in [4.78, 5) is 28.8. The highest BCUT2D eigenvalue weighted by Crippen LogP contribution is 2.60. The van der Waals surface area contributed by atoms with Crippen LogP contribution in [-0.2, 0) is 11.8 Å². The van der Waals surface area contributed by atoms with Gasteiger partial charge in [0.1, 0.15) is 28.0 Å². The zero-order valence-electron chi connectivity index (χ0n) is 23.3. The predicted octanol–water partition coefficient (Wildman–Crippen LogP) is 7.08. The van der Waals surface area contributed by atoms with Gasteiger partial charge in [-0.3, -0.25) is 9.59 Å². The molecule has 0 aliphatic heterocycles. The van der Waals surface area contributed by atoms with Crippen LogP contribution in [0, 0.1) is 12.8 Å². The molecular formula is C30H26BrCl3O8. The van der Waals surface area contributed by atoms with Gasteiger partial charge in [0.2, 0.25) is 11.6 Å². The predicted molar refractivity (Wildman–Crippen MR) is 163 cm³/mol. The number of phenols is 2. The molecule has 12 heteroatoms. The molecule has 0 spiro atoms. The van der Waals surface area contributed by atoms with Gasteiger partial charge in [-0.25, -0.2) is 0 Å².